The van der Waals surface area contributed by atoms with Gasteiger partial charge in [-0.15, -0.1) is 0 Å². The third-order valence-corrected chi connectivity index (χ3v) is 1.32. The molecule has 64 valence electrons. The Labute approximate surface area is 69.6 Å². The van der Waals surface area contributed by atoms with Gasteiger partial charge in [-0.25, -0.2) is 0 Å². The SMILES string of the molecule is CCNc1cncc([N+](=O)[O-])c1. The van der Waals surface area contributed by atoms with Gasteiger partial charge in [-0.1, -0.05) is 0 Å². The largest absolute Gasteiger partial charge is 0.384 e. The Balaban J connectivity index is 2.88. The van der Waals surface area contributed by atoms with Crippen LogP contribution in [0.1, 0.15) is 6.92 Å². The Morgan fingerprint density at radius 3 is 3.00 bits per heavy atom. The molecule has 1 rings (SSSR count). The molecule has 1 N–H and O–H groups in total. The van der Waals surface area contributed by atoms with Crippen LogP contribution in [0.4, 0.5) is 11.4 Å². The lowest BCUT2D eigenvalue weighted by molar-refractivity contribution is -0.385. The molecule has 12 heavy (non-hydrogen) atoms. The molecule has 0 bridgehead atoms. The van der Waals surface area contributed by atoms with Crippen LogP contribution in [0.15, 0.2) is 18.5 Å². The highest BCUT2D eigenvalue weighted by molar-refractivity contribution is 5.47. The number of anilines is 1. The minimum Gasteiger partial charge on any atom is -0.384 e. The van der Waals surface area contributed by atoms with Gasteiger partial charge in [-0.3, -0.25) is 15.1 Å². The van der Waals surface area contributed by atoms with Crippen LogP contribution in [-0.2, 0) is 0 Å². The quantitative estimate of drug-likeness (QED) is 0.546. The molecule has 0 saturated carbocycles. The van der Waals surface area contributed by atoms with E-state index in [1.807, 2.05) is 6.92 Å². The zero-order valence-electron chi connectivity index (χ0n) is 6.65. The molecule has 0 aliphatic carbocycles. The predicted molar refractivity (Wildman–Crippen MR) is 45.1 cm³/mol. The zero-order chi connectivity index (χ0) is 8.97. The first-order valence-corrected chi connectivity index (χ1v) is 3.57. The highest BCUT2D eigenvalue weighted by Gasteiger charge is 2.05. The molecular weight excluding hydrogens is 158 g/mol. The fourth-order valence-corrected chi connectivity index (χ4v) is 0.828. The fourth-order valence-electron chi connectivity index (χ4n) is 0.828. The van der Waals surface area contributed by atoms with Gasteiger partial charge in [-0.2, -0.15) is 0 Å². The molecule has 0 aliphatic heterocycles. The van der Waals surface area contributed by atoms with E-state index in [0.717, 1.165) is 6.54 Å². The second-order valence-corrected chi connectivity index (χ2v) is 2.22. The maximum Gasteiger partial charge on any atom is 0.289 e. The van der Waals surface area contributed by atoms with E-state index in [-0.39, 0.29) is 5.69 Å². The van der Waals surface area contributed by atoms with Crippen molar-refractivity contribution >= 4 is 11.4 Å². The number of nitrogens with one attached hydrogen (secondary N) is 1. The first-order valence-electron chi connectivity index (χ1n) is 3.57. The Morgan fingerprint density at radius 1 is 1.67 bits per heavy atom. The summed E-state index contributed by atoms with van der Waals surface area (Å²) in [6.45, 7) is 2.64. The topological polar surface area (TPSA) is 68.1 Å². The Morgan fingerprint density at radius 2 is 2.42 bits per heavy atom. The number of pyridine rings is 1. The van der Waals surface area contributed by atoms with E-state index in [4.69, 9.17) is 0 Å². The summed E-state index contributed by atoms with van der Waals surface area (Å²) in [6.07, 6.45) is 2.78. The highest BCUT2D eigenvalue weighted by atomic mass is 16.6. The molecule has 5 nitrogen and oxygen atoms in total. The summed E-state index contributed by atoms with van der Waals surface area (Å²) in [5.41, 5.74) is 0.681. The second kappa shape index (κ2) is 3.66. The standard InChI is InChI=1S/C7H9N3O2/c1-2-9-6-3-7(10(11)12)5-8-4-6/h3-5,9H,2H2,1H3. The van der Waals surface area contributed by atoms with Gasteiger partial charge in [-0.05, 0) is 6.92 Å². The molecule has 1 aromatic heterocycles. The van der Waals surface area contributed by atoms with Gasteiger partial charge >= 0.3 is 0 Å². The Bertz CT molecular complexity index is 288. The lowest BCUT2D eigenvalue weighted by Crippen LogP contribution is -1.98. The number of hydrogen-bond acceptors (Lipinski definition) is 4. The van der Waals surface area contributed by atoms with Crippen molar-refractivity contribution in [3.8, 4) is 0 Å². The van der Waals surface area contributed by atoms with E-state index in [1.165, 1.54) is 12.3 Å². The van der Waals surface area contributed by atoms with Crippen LogP contribution in [0, 0.1) is 10.1 Å². The molecular formula is C7H9N3O2. The van der Waals surface area contributed by atoms with Crippen LogP contribution in [-0.4, -0.2) is 16.5 Å². The van der Waals surface area contributed by atoms with Gasteiger partial charge in [0.15, 0.2) is 0 Å². The number of hydrogen-bond donors (Lipinski definition) is 1. The summed E-state index contributed by atoms with van der Waals surface area (Å²) in [6, 6.07) is 1.45. The minimum atomic E-state index is -0.464. The molecule has 0 amide bonds. The summed E-state index contributed by atoms with van der Waals surface area (Å²) in [4.78, 5) is 13.6. The Kier molecular flexibility index (Phi) is 2.57. The van der Waals surface area contributed by atoms with Crippen LogP contribution >= 0.6 is 0 Å². The molecule has 0 radical (unpaired) electrons. The van der Waals surface area contributed by atoms with Gasteiger partial charge in [0.25, 0.3) is 5.69 Å². The van der Waals surface area contributed by atoms with Crippen molar-refractivity contribution in [2.45, 2.75) is 6.92 Å². The average molecular weight is 167 g/mol. The lowest BCUT2D eigenvalue weighted by atomic mass is 10.4. The number of aromatic nitrogens is 1. The van der Waals surface area contributed by atoms with E-state index in [9.17, 15) is 10.1 Å². The molecule has 1 aromatic rings. The summed E-state index contributed by atoms with van der Waals surface area (Å²) < 4.78 is 0. The van der Waals surface area contributed by atoms with E-state index >= 15 is 0 Å². The maximum atomic E-state index is 10.3. The van der Waals surface area contributed by atoms with Crippen molar-refractivity contribution in [1.29, 1.82) is 0 Å². The lowest BCUT2D eigenvalue weighted by Gasteiger charge is -2.00. The number of nitrogens with zero attached hydrogens (tertiary/aromatic N) is 2. The molecule has 0 spiro atoms. The smallest absolute Gasteiger partial charge is 0.289 e. The Hall–Kier alpha value is -1.65. The van der Waals surface area contributed by atoms with E-state index in [1.54, 1.807) is 6.20 Å². The number of rotatable bonds is 3. The highest BCUT2D eigenvalue weighted by Crippen LogP contribution is 2.14. The minimum absolute atomic E-state index is 0.00782. The third-order valence-electron chi connectivity index (χ3n) is 1.32. The second-order valence-electron chi connectivity index (χ2n) is 2.22. The molecule has 0 atom stereocenters. The van der Waals surface area contributed by atoms with Gasteiger partial charge in [0.1, 0.15) is 6.20 Å². The van der Waals surface area contributed by atoms with Crippen LogP contribution in [0.25, 0.3) is 0 Å². The summed E-state index contributed by atoms with van der Waals surface area (Å²) in [7, 11) is 0. The summed E-state index contributed by atoms with van der Waals surface area (Å²) in [5.74, 6) is 0. The molecule has 0 aliphatic rings. The summed E-state index contributed by atoms with van der Waals surface area (Å²) in [5, 5.41) is 13.2. The maximum absolute atomic E-state index is 10.3. The number of nitro groups is 1. The predicted octanol–water partition coefficient (Wildman–Crippen LogP) is 1.42. The fraction of sp³-hybridized carbons (Fsp3) is 0.286. The van der Waals surface area contributed by atoms with Gasteiger partial charge in [0.2, 0.25) is 0 Å². The van der Waals surface area contributed by atoms with Crippen molar-refractivity contribution in [3.05, 3.63) is 28.6 Å². The van der Waals surface area contributed by atoms with Crippen molar-refractivity contribution in [1.82, 2.24) is 4.98 Å². The van der Waals surface area contributed by atoms with Gasteiger partial charge in [0.05, 0.1) is 16.8 Å². The van der Waals surface area contributed by atoms with Gasteiger partial charge < -0.3 is 5.32 Å². The molecule has 0 fully saturated rings. The molecule has 1 heterocycles. The average Bonchev–Trinajstić information content (AvgIpc) is 2.05. The van der Waals surface area contributed by atoms with Gasteiger partial charge in [0, 0.05) is 12.6 Å². The zero-order valence-corrected chi connectivity index (χ0v) is 6.65. The summed E-state index contributed by atoms with van der Waals surface area (Å²) >= 11 is 0. The van der Waals surface area contributed by atoms with E-state index in [2.05, 4.69) is 10.3 Å². The molecule has 5 heteroatoms. The molecule has 0 unspecified atom stereocenters. The normalized spacial score (nSPS) is 9.42. The monoisotopic (exact) mass is 167 g/mol. The van der Waals surface area contributed by atoms with Crippen molar-refractivity contribution in [3.63, 3.8) is 0 Å². The van der Waals surface area contributed by atoms with Crippen molar-refractivity contribution in [2.75, 3.05) is 11.9 Å². The molecule has 0 aromatic carbocycles. The van der Waals surface area contributed by atoms with E-state index in [0.29, 0.717) is 5.69 Å². The first-order chi connectivity index (χ1) is 5.74. The van der Waals surface area contributed by atoms with Crippen molar-refractivity contribution in [2.24, 2.45) is 0 Å². The first kappa shape index (κ1) is 8.45. The van der Waals surface area contributed by atoms with E-state index < -0.39 is 4.92 Å². The van der Waals surface area contributed by atoms with Crippen LogP contribution in [0.2, 0.25) is 0 Å². The molecule has 0 saturated heterocycles. The van der Waals surface area contributed by atoms with Crippen LogP contribution < -0.4 is 5.32 Å². The van der Waals surface area contributed by atoms with Crippen molar-refractivity contribution < 1.29 is 4.92 Å². The van der Waals surface area contributed by atoms with Crippen LogP contribution in [0.3, 0.4) is 0 Å². The van der Waals surface area contributed by atoms with Crippen LogP contribution in [0.5, 0.6) is 0 Å². The third kappa shape index (κ3) is 1.91.